The molecule has 0 aliphatic heterocycles. The zero-order chi connectivity index (χ0) is 11.0. The van der Waals surface area contributed by atoms with Crippen molar-refractivity contribution in [3.63, 3.8) is 0 Å². The second-order valence-electron chi connectivity index (χ2n) is 4.57. The summed E-state index contributed by atoms with van der Waals surface area (Å²) in [6.45, 7) is 0.862. The van der Waals surface area contributed by atoms with Crippen LogP contribution in [0.15, 0.2) is 29.5 Å². The first-order chi connectivity index (χ1) is 7.84. The molecule has 2 heterocycles. The van der Waals surface area contributed by atoms with E-state index >= 15 is 0 Å². The molecule has 16 heavy (non-hydrogen) atoms. The highest BCUT2D eigenvalue weighted by molar-refractivity contribution is 5.42. The summed E-state index contributed by atoms with van der Waals surface area (Å²) in [6, 6.07) is 1.77. The molecular formula is C12H15N3O. The molecule has 2 aromatic rings. The Bertz CT molecular complexity index is 549. The first kappa shape index (κ1) is 9.63. The first-order valence-corrected chi connectivity index (χ1v) is 5.87. The fourth-order valence-electron chi connectivity index (χ4n) is 2.58. The maximum atomic E-state index is 12.1. The van der Waals surface area contributed by atoms with E-state index in [1.807, 2.05) is 17.0 Å². The van der Waals surface area contributed by atoms with Gasteiger partial charge in [0.2, 0.25) is 0 Å². The second kappa shape index (κ2) is 3.77. The van der Waals surface area contributed by atoms with Crippen LogP contribution in [-0.4, -0.2) is 14.2 Å². The number of fused-ring (bicyclic) bond motifs is 1. The lowest BCUT2D eigenvalue weighted by molar-refractivity contribution is 0.448. The van der Waals surface area contributed by atoms with Crippen molar-refractivity contribution in [3.8, 4) is 0 Å². The molecule has 0 unspecified atom stereocenters. The van der Waals surface area contributed by atoms with Gasteiger partial charge < -0.3 is 4.57 Å². The van der Waals surface area contributed by atoms with Crippen LogP contribution >= 0.6 is 0 Å². The fraction of sp³-hybridized carbons (Fsp3) is 0.500. The number of aromatic nitrogens is 3. The molecule has 0 saturated heterocycles. The van der Waals surface area contributed by atoms with Gasteiger partial charge in [-0.15, -0.1) is 0 Å². The van der Waals surface area contributed by atoms with Gasteiger partial charge in [-0.2, -0.15) is 5.10 Å². The molecule has 1 aliphatic rings. The van der Waals surface area contributed by atoms with Crippen molar-refractivity contribution in [1.29, 1.82) is 0 Å². The Balaban J connectivity index is 1.96. The van der Waals surface area contributed by atoms with Crippen LogP contribution in [0.3, 0.4) is 0 Å². The van der Waals surface area contributed by atoms with Crippen molar-refractivity contribution < 1.29 is 0 Å². The Hall–Kier alpha value is -1.58. The molecule has 0 amide bonds. The van der Waals surface area contributed by atoms with Crippen LogP contribution in [0.5, 0.6) is 0 Å². The molecule has 1 saturated carbocycles. The van der Waals surface area contributed by atoms with Crippen LogP contribution in [0.4, 0.5) is 0 Å². The van der Waals surface area contributed by atoms with Gasteiger partial charge in [0.25, 0.3) is 5.56 Å². The molecule has 0 N–H and O–H groups in total. The van der Waals surface area contributed by atoms with Gasteiger partial charge in [-0.3, -0.25) is 4.79 Å². The van der Waals surface area contributed by atoms with Crippen LogP contribution in [-0.2, 0) is 6.54 Å². The van der Waals surface area contributed by atoms with Crippen LogP contribution < -0.4 is 5.56 Å². The normalized spacial score (nSPS) is 17.2. The lowest BCUT2D eigenvalue weighted by Gasteiger charge is -2.11. The van der Waals surface area contributed by atoms with Crippen LogP contribution in [0.2, 0.25) is 0 Å². The van der Waals surface area contributed by atoms with Gasteiger partial charge in [0, 0.05) is 18.9 Å². The standard InChI is InChI=1S/C12H15N3O/c16-12-11-5-6-13-15(11)8-7-14(12)9-10-3-1-2-4-10/h5-8,10H,1-4,9H2. The topological polar surface area (TPSA) is 39.3 Å². The third kappa shape index (κ3) is 1.54. The van der Waals surface area contributed by atoms with Gasteiger partial charge in [-0.25, -0.2) is 4.52 Å². The molecule has 0 atom stereocenters. The summed E-state index contributed by atoms with van der Waals surface area (Å²) in [5, 5.41) is 4.06. The summed E-state index contributed by atoms with van der Waals surface area (Å²) in [5.74, 6) is 0.683. The molecule has 4 heteroatoms. The van der Waals surface area contributed by atoms with Gasteiger partial charge in [0.1, 0.15) is 5.52 Å². The summed E-state index contributed by atoms with van der Waals surface area (Å²) < 4.78 is 3.46. The molecule has 0 bridgehead atoms. The molecule has 4 nitrogen and oxygen atoms in total. The minimum absolute atomic E-state index is 0.0758. The van der Waals surface area contributed by atoms with Crippen LogP contribution in [0.1, 0.15) is 25.7 Å². The zero-order valence-corrected chi connectivity index (χ0v) is 9.17. The van der Waals surface area contributed by atoms with Crippen molar-refractivity contribution in [3.05, 3.63) is 35.0 Å². The van der Waals surface area contributed by atoms with Gasteiger partial charge in [-0.05, 0) is 24.8 Å². The Morgan fingerprint density at radius 2 is 2.12 bits per heavy atom. The van der Waals surface area contributed by atoms with E-state index in [4.69, 9.17) is 0 Å². The molecule has 0 aromatic carbocycles. The van der Waals surface area contributed by atoms with E-state index in [1.54, 1.807) is 16.8 Å². The Labute approximate surface area is 93.5 Å². The lowest BCUT2D eigenvalue weighted by Crippen LogP contribution is -2.24. The number of hydrogen-bond acceptors (Lipinski definition) is 2. The summed E-state index contributed by atoms with van der Waals surface area (Å²) in [7, 11) is 0. The van der Waals surface area contributed by atoms with E-state index in [9.17, 15) is 4.79 Å². The Morgan fingerprint density at radius 1 is 1.31 bits per heavy atom. The molecule has 1 aliphatic carbocycles. The molecule has 0 spiro atoms. The van der Waals surface area contributed by atoms with Crippen molar-refractivity contribution in [2.45, 2.75) is 32.2 Å². The lowest BCUT2D eigenvalue weighted by atomic mass is 10.1. The quantitative estimate of drug-likeness (QED) is 0.767. The minimum Gasteiger partial charge on any atom is -0.312 e. The SMILES string of the molecule is O=c1c2ccnn2ccn1CC1CCCC1. The molecule has 0 radical (unpaired) electrons. The van der Waals surface area contributed by atoms with E-state index in [0.717, 1.165) is 6.54 Å². The maximum Gasteiger partial charge on any atom is 0.276 e. The smallest absolute Gasteiger partial charge is 0.276 e. The largest absolute Gasteiger partial charge is 0.312 e. The van der Waals surface area contributed by atoms with Crippen LogP contribution in [0, 0.1) is 5.92 Å². The fourth-order valence-corrected chi connectivity index (χ4v) is 2.58. The number of rotatable bonds is 2. The number of nitrogens with zero attached hydrogens (tertiary/aromatic N) is 3. The Morgan fingerprint density at radius 3 is 2.94 bits per heavy atom. The monoisotopic (exact) mass is 217 g/mol. The highest BCUT2D eigenvalue weighted by atomic mass is 16.1. The molecular weight excluding hydrogens is 202 g/mol. The average molecular weight is 217 g/mol. The minimum atomic E-state index is 0.0758. The van der Waals surface area contributed by atoms with E-state index in [0.29, 0.717) is 11.4 Å². The van der Waals surface area contributed by atoms with Crippen molar-refractivity contribution in [2.24, 2.45) is 5.92 Å². The predicted molar refractivity (Wildman–Crippen MR) is 61.4 cm³/mol. The van der Waals surface area contributed by atoms with Gasteiger partial charge >= 0.3 is 0 Å². The van der Waals surface area contributed by atoms with Crippen molar-refractivity contribution in [2.75, 3.05) is 0 Å². The highest BCUT2D eigenvalue weighted by Gasteiger charge is 2.16. The summed E-state index contributed by atoms with van der Waals surface area (Å²) in [5.41, 5.74) is 0.743. The van der Waals surface area contributed by atoms with Crippen molar-refractivity contribution >= 4 is 5.52 Å². The predicted octanol–water partition coefficient (Wildman–Crippen LogP) is 1.69. The summed E-state index contributed by atoms with van der Waals surface area (Å²) in [6.07, 6.45) is 10.5. The van der Waals surface area contributed by atoms with Crippen molar-refractivity contribution in [1.82, 2.24) is 14.2 Å². The second-order valence-corrected chi connectivity index (χ2v) is 4.57. The molecule has 2 aromatic heterocycles. The van der Waals surface area contributed by atoms with Gasteiger partial charge in [0.05, 0.1) is 6.20 Å². The third-order valence-corrected chi connectivity index (χ3v) is 3.47. The molecule has 3 rings (SSSR count). The van der Waals surface area contributed by atoms with Gasteiger partial charge in [-0.1, -0.05) is 12.8 Å². The van der Waals surface area contributed by atoms with E-state index in [2.05, 4.69) is 5.10 Å². The first-order valence-electron chi connectivity index (χ1n) is 5.87. The van der Waals surface area contributed by atoms with Gasteiger partial charge in [0.15, 0.2) is 0 Å². The Kier molecular flexibility index (Phi) is 2.27. The van der Waals surface area contributed by atoms with E-state index in [1.165, 1.54) is 25.7 Å². The molecule has 84 valence electrons. The maximum absolute atomic E-state index is 12.1. The third-order valence-electron chi connectivity index (χ3n) is 3.47. The summed E-state index contributed by atoms with van der Waals surface area (Å²) in [4.78, 5) is 12.1. The van der Waals surface area contributed by atoms with E-state index < -0.39 is 0 Å². The summed E-state index contributed by atoms with van der Waals surface area (Å²) >= 11 is 0. The molecule has 1 fully saturated rings. The zero-order valence-electron chi connectivity index (χ0n) is 9.17. The number of hydrogen-bond donors (Lipinski definition) is 0. The highest BCUT2D eigenvalue weighted by Crippen LogP contribution is 2.25. The van der Waals surface area contributed by atoms with E-state index in [-0.39, 0.29) is 5.56 Å². The average Bonchev–Trinajstić information content (AvgIpc) is 2.93. The van der Waals surface area contributed by atoms with Crippen LogP contribution in [0.25, 0.3) is 5.52 Å².